The zero-order valence-corrected chi connectivity index (χ0v) is 17.7. The molecule has 0 heterocycles. The summed E-state index contributed by atoms with van der Waals surface area (Å²) in [4.78, 5) is -0.397. The Kier molecular flexibility index (Phi) is 8.12. The van der Waals surface area contributed by atoms with Crippen LogP contribution >= 0.6 is 31.1 Å². The summed E-state index contributed by atoms with van der Waals surface area (Å²) in [5.74, 6) is 0. The second-order valence-electron chi connectivity index (χ2n) is 6.05. The fraction of sp³-hybridized carbons (Fsp3) is 0.0400. The standard InChI is InChI=1S/C18H15P.C7H6Cl2/c1-4-10-16(11-5-1)19(17-12-6-2-7-13-17)18-14-8-3-9-15-18;8-7(9)6-4-2-1-3-5-6/h1-15H;1-5,7H. The second-order valence-corrected chi connectivity index (χ2v) is 9.37. The van der Waals surface area contributed by atoms with Gasteiger partial charge in [-0.15, -0.1) is 23.2 Å². The first-order chi connectivity index (χ1) is 13.8. The largest absolute Gasteiger partial charge is 0.132 e. The first-order valence-corrected chi connectivity index (χ1v) is 11.3. The van der Waals surface area contributed by atoms with Gasteiger partial charge in [-0.1, -0.05) is 121 Å². The highest BCUT2D eigenvalue weighted by molar-refractivity contribution is 7.79. The van der Waals surface area contributed by atoms with Gasteiger partial charge in [0.2, 0.25) is 0 Å². The van der Waals surface area contributed by atoms with Crippen LogP contribution in [-0.2, 0) is 0 Å². The summed E-state index contributed by atoms with van der Waals surface area (Å²) >= 11 is 11.1. The Balaban J connectivity index is 0.000000211. The Labute approximate surface area is 178 Å². The maximum atomic E-state index is 5.57. The molecule has 3 heteroatoms. The summed E-state index contributed by atoms with van der Waals surface area (Å²) in [5, 5.41) is 4.19. The van der Waals surface area contributed by atoms with Crippen LogP contribution < -0.4 is 15.9 Å². The van der Waals surface area contributed by atoms with Crippen molar-refractivity contribution >= 4 is 47.0 Å². The van der Waals surface area contributed by atoms with Gasteiger partial charge in [0, 0.05) is 0 Å². The summed E-state index contributed by atoms with van der Waals surface area (Å²) < 4.78 is 0. The van der Waals surface area contributed by atoms with E-state index >= 15 is 0 Å². The maximum absolute atomic E-state index is 5.57. The third kappa shape index (κ3) is 5.94. The molecule has 4 aromatic rings. The molecule has 0 bridgehead atoms. The molecule has 0 radical (unpaired) electrons. The predicted octanol–water partition coefficient (Wildman–Crippen LogP) is 6.61. The second kappa shape index (κ2) is 11.0. The number of alkyl halides is 2. The van der Waals surface area contributed by atoms with Crippen molar-refractivity contribution in [3.8, 4) is 0 Å². The molecule has 0 aliphatic heterocycles. The van der Waals surface area contributed by atoms with Crippen LogP contribution in [0.2, 0.25) is 0 Å². The number of benzene rings is 4. The Morgan fingerprint density at radius 3 is 0.964 bits per heavy atom. The van der Waals surface area contributed by atoms with Gasteiger partial charge in [0.05, 0.1) is 0 Å². The average molecular weight is 423 g/mol. The molecule has 0 nitrogen and oxygen atoms in total. The van der Waals surface area contributed by atoms with Crippen LogP contribution in [0.25, 0.3) is 0 Å². The van der Waals surface area contributed by atoms with Crippen molar-refractivity contribution in [2.24, 2.45) is 0 Å². The monoisotopic (exact) mass is 422 g/mol. The minimum absolute atomic E-state index is 0.397. The van der Waals surface area contributed by atoms with Gasteiger partial charge in [-0.3, -0.25) is 0 Å². The van der Waals surface area contributed by atoms with Gasteiger partial charge in [0.1, 0.15) is 4.84 Å². The van der Waals surface area contributed by atoms with Gasteiger partial charge >= 0.3 is 0 Å². The Hall–Kier alpha value is -2.11. The van der Waals surface area contributed by atoms with E-state index in [-0.39, 0.29) is 0 Å². The van der Waals surface area contributed by atoms with E-state index in [1.165, 1.54) is 15.9 Å². The normalized spacial score (nSPS) is 10.4. The summed E-state index contributed by atoms with van der Waals surface area (Å²) in [5.41, 5.74) is 0.945. The van der Waals surface area contributed by atoms with Gasteiger partial charge in [-0.25, -0.2) is 0 Å². The van der Waals surface area contributed by atoms with Crippen molar-refractivity contribution in [1.82, 2.24) is 0 Å². The Morgan fingerprint density at radius 1 is 0.429 bits per heavy atom. The highest BCUT2D eigenvalue weighted by Gasteiger charge is 2.14. The molecule has 0 amide bonds. The highest BCUT2D eigenvalue weighted by atomic mass is 35.5. The molecule has 0 aliphatic rings. The van der Waals surface area contributed by atoms with Crippen LogP contribution in [0.15, 0.2) is 121 Å². The molecule has 140 valence electrons. The van der Waals surface area contributed by atoms with E-state index in [0.717, 1.165) is 5.56 Å². The molecule has 0 saturated heterocycles. The lowest BCUT2D eigenvalue weighted by atomic mass is 10.2. The lowest BCUT2D eigenvalue weighted by Crippen LogP contribution is -2.20. The minimum Gasteiger partial charge on any atom is -0.100 e. The van der Waals surface area contributed by atoms with Crippen molar-refractivity contribution in [3.05, 3.63) is 127 Å². The van der Waals surface area contributed by atoms with Crippen LogP contribution in [0.5, 0.6) is 0 Å². The van der Waals surface area contributed by atoms with E-state index in [1.54, 1.807) is 0 Å². The smallest absolute Gasteiger partial charge is 0.100 e. The number of halogens is 2. The molecule has 4 aromatic carbocycles. The van der Waals surface area contributed by atoms with Gasteiger partial charge in [-0.2, -0.15) is 0 Å². The van der Waals surface area contributed by atoms with Gasteiger partial charge in [-0.05, 0) is 29.4 Å². The van der Waals surface area contributed by atoms with Crippen LogP contribution in [0.1, 0.15) is 10.4 Å². The number of hydrogen-bond donors (Lipinski definition) is 0. The molecule has 4 rings (SSSR count). The third-order valence-electron chi connectivity index (χ3n) is 4.09. The summed E-state index contributed by atoms with van der Waals surface area (Å²) in [7, 11) is -0.446. The SMILES string of the molecule is ClC(Cl)c1ccccc1.c1ccc(P(c2ccccc2)c2ccccc2)cc1. The molecule has 0 N–H and O–H groups in total. The quantitative estimate of drug-likeness (QED) is 0.256. The molecular formula is C25H21Cl2P. The highest BCUT2D eigenvalue weighted by Crippen LogP contribution is 2.32. The molecule has 0 spiro atoms. The molecule has 28 heavy (non-hydrogen) atoms. The van der Waals surface area contributed by atoms with E-state index in [4.69, 9.17) is 23.2 Å². The van der Waals surface area contributed by atoms with Crippen molar-refractivity contribution in [2.45, 2.75) is 4.84 Å². The van der Waals surface area contributed by atoms with Crippen LogP contribution in [0.3, 0.4) is 0 Å². The summed E-state index contributed by atoms with van der Waals surface area (Å²) in [6.45, 7) is 0. The molecule has 0 fully saturated rings. The van der Waals surface area contributed by atoms with Crippen molar-refractivity contribution in [1.29, 1.82) is 0 Å². The minimum atomic E-state index is -0.446. The first kappa shape index (κ1) is 20.6. The zero-order valence-electron chi connectivity index (χ0n) is 15.3. The van der Waals surface area contributed by atoms with E-state index < -0.39 is 12.8 Å². The average Bonchev–Trinajstić information content (AvgIpc) is 2.77. The summed E-state index contributed by atoms with van der Waals surface area (Å²) in [6, 6.07) is 41.9. The lowest BCUT2D eigenvalue weighted by Gasteiger charge is -2.18. The van der Waals surface area contributed by atoms with Crippen molar-refractivity contribution in [3.63, 3.8) is 0 Å². The van der Waals surface area contributed by atoms with Gasteiger partial charge < -0.3 is 0 Å². The fourth-order valence-corrected chi connectivity index (χ4v) is 5.37. The van der Waals surface area contributed by atoms with Crippen molar-refractivity contribution < 1.29 is 0 Å². The molecule has 0 aromatic heterocycles. The molecule has 0 saturated carbocycles. The molecule has 0 unspecified atom stereocenters. The predicted molar refractivity (Wildman–Crippen MR) is 126 cm³/mol. The summed E-state index contributed by atoms with van der Waals surface area (Å²) in [6.07, 6.45) is 0. The van der Waals surface area contributed by atoms with E-state index in [0.29, 0.717) is 0 Å². The van der Waals surface area contributed by atoms with Crippen LogP contribution in [0.4, 0.5) is 0 Å². The van der Waals surface area contributed by atoms with E-state index in [2.05, 4.69) is 91.0 Å². The van der Waals surface area contributed by atoms with Gasteiger partial charge in [0.15, 0.2) is 0 Å². The zero-order chi connectivity index (χ0) is 19.6. The Morgan fingerprint density at radius 2 is 0.714 bits per heavy atom. The third-order valence-corrected chi connectivity index (χ3v) is 7.04. The maximum Gasteiger partial charge on any atom is 0.132 e. The molecule has 0 aliphatic carbocycles. The fourth-order valence-electron chi connectivity index (χ4n) is 2.78. The topological polar surface area (TPSA) is 0 Å². The number of hydrogen-bond acceptors (Lipinski definition) is 0. The lowest BCUT2D eigenvalue weighted by molar-refractivity contribution is 1.35. The number of rotatable bonds is 4. The van der Waals surface area contributed by atoms with Crippen LogP contribution in [0, 0.1) is 0 Å². The molecular weight excluding hydrogens is 402 g/mol. The first-order valence-electron chi connectivity index (χ1n) is 9.04. The van der Waals surface area contributed by atoms with E-state index in [9.17, 15) is 0 Å². The van der Waals surface area contributed by atoms with Crippen LogP contribution in [-0.4, -0.2) is 0 Å². The van der Waals surface area contributed by atoms with Crippen molar-refractivity contribution in [2.75, 3.05) is 0 Å². The van der Waals surface area contributed by atoms with Gasteiger partial charge in [0.25, 0.3) is 0 Å². The molecule has 0 atom stereocenters. The Bertz CT molecular complexity index is 833. The van der Waals surface area contributed by atoms with E-state index in [1.807, 2.05) is 30.3 Å².